The number of nitrogens with one attached hydrogen (secondary N) is 1. The van der Waals surface area contributed by atoms with Gasteiger partial charge in [-0.2, -0.15) is 0 Å². The molecule has 0 amide bonds. The molecule has 3 heteroatoms. The van der Waals surface area contributed by atoms with Gasteiger partial charge in [0, 0.05) is 6.54 Å². The Bertz CT molecular complexity index is 395. The van der Waals surface area contributed by atoms with Crippen molar-refractivity contribution in [2.75, 3.05) is 13.7 Å². The second-order valence-electron chi connectivity index (χ2n) is 4.47. The Morgan fingerprint density at radius 3 is 2.33 bits per heavy atom. The molecule has 98 valence electrons. The van der Waals surface area contributed by atoms with Crippen LogP contribution in [0.25, 0.3) is 0 Å². The molecule has 1 unspecified atom stereocenters. The lowest BCUT2D eigenvalue weighted by molar-refractivity contribution is -0.143. The van der Waals surface area contributed by atoms with Crippen LogP contribution in [0, 0.1) is 0 Å². The van der Waals surface area contributed by atoms with Crippen LogP contribution in [-0.2, 0) is 9.53 Å². The average Bonchev–Trinajstić information content (AvgIpc) is 2.39. The van der Waals surface area contributed by atoms with Crippen molar-refractivity contribution >= 4 is 5.97 Å². The number of carbonyl (C=O) groups excluding carboxylic acids is 1. The highest BCUT2D eigenvalue weighted by Gasteiger charge is 2.20. The van der Waals surface area contributed by atoms with Crippen LogP contribution in [0.2, 0.25) is 0 Å². The lowest BCUT2D eigenvalue weighted by Crippen LogP contribution is -2.29. The summed E-state index contributed by atoms with van der Waals surface area (Å²) < 4.78 is 4.81. The summed E-state index contributed by atoms with van der Waals surface area (Å²) in [5, 5.41) is 3.09. The number of ether oxygens (including phenoxy) is 1. The Labute approximate surface area is 109 Å². The Hall–Kier alpha value is -1.61. The van der Waals surface area contributed by atoms with Crippen molar-refractivity contribution in [3.63, 3.8) is 0 Å². The van der Waals surface area contributed by atoms with E-state index in [0.29, 0.717) is 12.5 Å². The van der Waals surface area contributed by atoms with E-state index in [2.05, 4.69) is 25.7 Å². The van der Waals surface area contributed by atoms with Crippen molar-refractivity contribution in [1.82, 2.24) is 5.32 Å². The van der Waals surface area contributed by atoms with Gasteiger partial charge >= 0.3 is 5.97 Å². The summed E-state index contributed by atoms with van der Waals surface area (Å²) in [7, 11) is 1.40. The van der Waals surface area contributed by atoms with E-state index in [1.54, 1.807) is 6.08 Å². The third kappa shape index (κ3) is 3.70. The van der Waals surface area contributed by atoms with E-state index in [9.17, 15) is 4.79 Å². The van der Waals surface area contributed by atoms with Crippen LogP contribution in [0.1, 0.15) is 36.9 Å². The molecule has 0 aliphatic carbocycles. The summed E-state index contributed by atoms with van der Waals surface area (Å²) in [6, 6.07) is 7.59. The van der Waals surface area contributed by atoms with Gasteiger partial charge in [-0.05, 0) is 17.0 Å². The quantitative estimate of drug-likeness (QED) is 0.620. The second-order valence-corrected chi connectivity index (χ2v) is 4.47. The zero-order valence-corrected chi connectivity index (χ0v) is 11.3. The van der Waals surface area contributed by atoms with Gasteiger partial charge in [0.25, 0.3) is 0 Å². The van der Waals surface area contributed by atoms with Crippen LogP contribution in [-0.4, -0.2) is 19.6 Å². The van der Waals surface area contributed by atoms with Crippen molar-refractivity contribution in [2.45, 2.75) is 25.8 Å². The zero-order chi connectivity index (χ0) is 13.5. The van der Waals surface area contributed by atoms with E-state index >= 15 is 0 Å². The van der Waals surface area contributed by atoms with E-state index in [-0.39, 0.29) is 5.97 Å². The first kappa shape index (κ1) is 14.5. The first-order chi connectivity index (χ1) is 8.60. The molecule has 0 heterocycles. The van der Waals surface area contributed by atoms with Gasteiger partial charge in [0.1, 0.15) is 6.04 Å². The lowest BCUT2D eigenvalue weighted by Gasteiger charge is -2.16. The van der Waals surface area contributed by atoms with Gasteiger partial charge < -0.3 is 4.74 Å². The van der Waals surface area contributed by atoms with Gasteiger partial charge in [-0.15, -0.1) is 6.58 Å². The fourth-order valence-corrected chi connectivity index (χ4v) is 1.73. The second kappa shape index (κ2) is 6.97. The highest BCUT2D eigenvalue weighted by atomic mass is 16.5. The van der Waals surface area contributed by atoms with Crippen LogP contribution in [0.5, 0.6) is 0 Å². The van der Waals surface area contributed by atoms with Crippen LogP contribution >= 0.6 is 0 Å². The summed E-state index contributed by atoms with van der Waals surface area (Å²) >= 11 is 0. The summed E-state index contributed by atoms with van der Waals surface area (Å²) in [5.74, 6) is 0.200. The van der Waals surface area contributed by atoms with E-state index in [0.717, 1.165) is 5.56 Å². The number of carbonyl (C=O) groups is 1. The van der Waals surface area contributed by atoms with Crippen molar-refractivity contribution in [1.29, 1.82) is 0 Å². The fraction of sp³-hybridized carbons (Fsp3) is 0.400. The summed E-state index contributed by atoms with van der Waals surface area (Å²) in [6.07, 6.45) is 1.72. The molecule has 3 nitrogen and oxygen atoms in total. The molecule has 0 aromatic heterocycles. The molecule has 0 saturated carbocycles. The number of esters is 1. The van der Waals surface area contributed by atoms with Crippen LogP contribution in [0.3, 0.4) is 0 Å². The zero-order valence-electron chi connectivity index (χ0n) is 11.3. The van der Waals surface area contributed by atoms with Gasteiger partial charge in [0.05, 0.1) is 7.11 Å². The maximum atomic E-state index is 11.7. The maximum absolute atomic E-state index is 11.7. The van der Waals surface area contributed by atoms with Crippen molar-refractivity contribution in [3.05, 3.63) is 48.0 Å². The van der Waals surface area contributed by atoms with E-state index in [1.807, 2.05) is 24.3 Å². The summed E-state index contributed by atoms with van der Waals surface area (Å²) in [5.41, 5.74) is 2.17. The maximum Gasteiger partial charge on any atom is 0.327 e. The van der Waals surface area contributed by atoms with E-state index in [1.165, 1.54) is 12.7 Å². The minimum Gasteiger partial charge on any atom is -0.468 e. The predicted molar refractivity (Wildman–Crippen MR) is 73.5 cm³/mol. The number of hydrogen-bond donors (Lipinski definition) is 1. The molecule has 0 bridgehead atoms. The number of rotatable bonds is 6. The normalized spacial score (nSPS) is 12.2. The summed E-state index contributed by atoms with van der Waals surface area (Å²) in [6.45, 7) is 8.48. The smallest absolute Gasteiger partial charge is 0.327 e. The first-order valence-corrected chi connectivity index (χ1v) is 6.12. The molecule has 1 N–H and O–H groups in total. The number of benzene rings is 1. The molecule has 1 aromatic rings. The monoisotopic (exact) mass is 247 g/mol. The molecule has 0 aliphatic rings. The van der Waals surface area contributed by atoms with Gasteiger partial charge in [0.2, 0.25) is 0 Å². The third-order valence-corrected chi connectivity index (χ3v) is 2.84. The van der Waals surface area contributed by atoms with E-state index < -0.39 is 6.04 Å². The minimum absolute atomic E-state index is 0.283. The molecular formula is C15H21NO2. The van der Waals surface area contributed by atoms with Crippen LogP contribution in [0.15, 0.2) is 36.9 Å². The first-order valence-electron chi connectivity index (χ1n) is 6.12. The molecule has 18 heavy (non-hydrogen) atoms. The largest absolute Gasteiger partial charge is 0.468 e. The molecule has 0 fully saturated rings. The molecular weight excluding hydrogens is 226 g/mol. The van der Waals surface area contributed by atoms with Crippen LogP contribution < -0.4 is 5.32 Å². The van der Waals surface area contributed by atoms with Crippen molar-refractivity contribution < 1.29 is 9.53 Å². The highest BCUT2D eigenvalue weighted by Crippen LogP contribution is 2.19. The van der Waals surface area contributed by atoms with Gasteiger partial charge in [0.15, 0.2) is 0 Å². The van der Waals surface area contributed by atoms with Gasteiger partial charge in [-0.1, -0.05) is 44.2 Å². The van der Waals surface area contributed by atoms with Crippen molar-refractivity contribution in [3.8, 4) is 0 Å². The SMILES string of the molecule is C=CCNC(C(=O)OC)c1ccc(C(C)C)cc1. The highest BCUT2D eigenvalue weighted by molar-refractivity contribution is 5.77. The molecule has 1 atom stereocenters. The minimum atomic E-state index is -0.436. The van der Waals surface area contributed by atoms with Crippen LogP contribution in [0.4, 0.5) is 0 Å². The molecule has 1 rings (SSSR count). The molecule has 0 radical (unpaired) electrons. The Balaban J connectivity index is 2.90. The molecule has 0 saturated heterocycles. The Morgan fingerprint density at radius 2 is 1.89 bits per heavy atom. The Morgan fingerprint density at radius 1 is 1.33 bits per heavy atom. The lowest BCUT2D eigenvalue weighted by atomic mass is 9.99. The van der Waals surface area contributed by atoms with Gasteiger partial charge in [-0.25, -0.2) is 4.79 Å². The Kier molecular flexibility index (Phi) is 5.59. The molecule has 0 aliphatic heterocycles. The molecule has 1 aromatic carbocycles. The predicted octanol–water partition coefficient (Wildman–Crippen LogP) is 2.80. The number of methoxy groups -OCH3 is 1. The standard InChI is InChI=1S/C15H21NO2/c1-5-10-16-14(15(17)18-4)13-8-6-12(7-9-13)11(2)3/h5-9,11,14,16H,1,10H2,2-4H3. The number of hydrogen-bond acceptors (Lipinski definition) is 3. The van der Waals surface area contributed by atoms with Crippen molar-refractivity contribution in [2.24, 2.45) is 0 Å². The fourth-order valence-electron chi connectivity index (χ4n) is 1.73. The average molecular weight is 247 g/mol. The van der Waals surface area contributed by atoms with E-state index in [4.69, 9.17) is 4.74 Å². The third-order valence-electron chi connectivity index (χ3n) is 2.84. The summed E-state index contributed by atoms with van der Waals surface area (Å²) in [4.78, 5) is 11.7. The molecule has 0 spiro atoms. The topological polar surface area (TPSA) is 38.3 Å². The van der Waals surface area contributed by atoms with Gasteiger partial charge in [-0.3, -0.25) is 5.32 Å².